The zero-order chi connectivity index (χ0) is 17.2. The van der Waals surface area contributed by atoms with Crippen LogP contribution in [-0.4, -0.2) is 41.0 Å². The van der Waals surface area contributed by atoms with Crippen molar-refractivity contribution in [3.8, 4) is 0 Å². The molecule has 0 unspecified atom stereocenters. The Kier molecular flexibility index (Phi) is 5.05. The first-order valence-electron chi connectivity index (χ1n) is 7.83. The second-order valence-corrected chi connectivity index (χ2v) is 8.83. The fourth-order valence-electron chi connectivity index (χ4n) is 2.67. The highest BCUT2D eigenvalue weighted by Gasteiger charge is 2.17. The highest BCUT2D eigenvalue weighted by Crippen LogP contribution is 2.22. The van der Waals surface area contributed by atoms with Gasteiger partial charge in [0.05, 0.1) is 10.6 Å². The number of nitrogens with zero attached hydrogens (tertiary/aromatic N) is 3. The van der Waals surface area contributed by atoms with E-state index in [9.17, 15) is 13.2 Å². The molecule has 0 aliphatic carbocycles. The zero-order valence-corrected chi connectivity index (χ0v) is 15.1. The van der Waals surface area contributed by atoms with Crippen molar-refractivity contribution < 1.29 is 13.2 Å². The Labute approximate surface area is 145 Å². The summed E-state index contributed by atoms with van der Waals surface area (Å²) in [6.45, 7) is 0.905. The Morgan fingerprint density at radius 2 is 1.92 bits per heavy atom. The van der Waals surface area contributed by atoms with Gasteiger partial charge in [-0.2, -0.15) is 0 Å². The Morgan fingerprint density at radius 3 is 2.62 bits per heavy atom. The lowest BCUT2D eigenvalue weighted by molar-refractivity contribution is 0.102. The summed E-state index contributed by atoms with van der Waals surface area (Å²) >= 11 is 1.39. The van der Waals surface area contributed by atoms with Gasteiger partial charge in [-0.3, -0.25) is 4.79 Å². The van der Waals surface area contributed by atoms with Gasteiger partial charge in [-0.1, -0.05) is 30.3 Å². The van der Waals surface area contributed by atoms with Gasteiger partial charge in [-0.25, -0.2) is 8.42 Å². The Balaban J connectivity index is 1.67. The van der Waals surface area contributed by atoms with Gasteiger partial charge in [0.15, 0.2) is 20.8 Å². The highest BCUT2D eigenvalue weighted by molar-refractivity contribution is 7.99. The van der Waals surface area contributed by atoms with Gasteiger partial charge in [0, 0.05) is 24.8 Å². The predicted octanol–water partition coefficient (Wildman–Crippen LogP) is 2.38. The van der Waals surface area contributed by atoms with Crippen LogP contribution >= 0.6 is 11.8 Å². The van der Waals surface area contributed by atoms with Crippen molar-refractivity contribution in [1.82, 2.24) is 14.8 Å². The molecule has 3 rings (SSSR count). The van der Waals surface area contributed by atoms with E-state index in [0.29, 0.717) is 5.56 Å². The average molecular weight is 365 g/mol. The van der Waals surface area contributed by atoms with Crippen molar-refractivity contribution in [1.29, 1.82) is 0 Å². The van der Waals surface area contributed by atoms with Gasteiger partial charge in [0.1, 0.15) is 5.82 Å². The number of aryl methyl sites for hydroxylation is 1. The third-order valence-electron chi connectivity index (χ3n) is 4.01. The molecule has 0 saturated carbocycles. The van der Waals surface area contributed by atoms with Crippen LogP contribution in [0, 0.1) is 0 Å². The van der Waals surface area contributed by atoms with Crippen molar-refractivity contribution in [2.75, 3.05) is 12.0 Å². The number of carbonyl (C=O) groups excluding carboxylic acids is 1. The van der Waals surface area contributed by atoms with Crippen molar-refractivity contribution in [3.63, 3.8) is 0 Å². The summed E-state index contributed by atoms with van der Waals surface area (Å²) in [5, 5.41) is 9.20. The molecule has 2 aromatic rings. The topological polar surface area (TPSA) is 81.9 Å². The molecule has 0 radical (unpaired) electrons. The van der Waals surface area contributed by atoms with E-state index in [4.69, 9.17) is 0 Å². The zero-order valence-electron chi connectivity index (χ0n) is 13.4. The highest BCUT2D eigenvalue weighted by atomic mass is 32.2. The minimum absolute atomic E-state index is 0.0500. The van der Waals surface area contributed by atoms with Crippen LogP contribution < -0.4 is 0 Å². The SMILES string of the molecule is CS(=O)(=O)c1ccc(C(=O)CSc2nnc3n2CCCCC3)cc1. The lowest BCUT2D eigenvalue weighted by atomic mass is 10.1. The molecule has 0 bridgehead atoms. The standard InChI is InChI=1S/C16H19N3O3S2/c1-24(21,22)13-8-6-12(7-9-13)14(20)11-23-16-18-17-15-5-3-2-4-10-19(15)16/h6-9H,2-5,10-11H2,1H3. The second kappa shape index (κ2) is 7.06. The number of hydrogen-bond donors (Lipinski definition) is 0. The average Bonchev–Trinajstić information content (AvgIpc) is 2.78. The van der Waals surface area contributed by atoms with Gasteiger partial charge < -0.3 is 4.57 Å². The number of benzene rings is 1. The lowest BCUT2D eigenvalue weighted by Gasteiger charge is -2.06. The van der Waals surface area contributed by atoms with E-state index in [0.717, 1.165) is 43.0 Å². The normalized spacial score (nSPS) is 14.9. The first kappa shape index (κ1) is 17.2. The number of fused-ring (bicyclic) bond motifs is 1. The molecule has 6 nitrogen and oxygen atoms in total. The summed E-state index contributed by atoms with van der Waals surface area (Å²) in [7, 11) is -3.24. The molecule has 1 aliphatic rings. The summed E-state index contributed by atoms with van der Waals surface area (Å²) in [4.78, 5) is 12.5. The van der Waals surface area contributed by atoms with E-state index >= 15 is 0 Å². The van der Waals surface area contributed by atoms with Crippen LogP contribution in [0.5, 0.6) is 0 Å². The maximum atomic E-state index is 12.3. The van der Waals surface area contributed by atoms with Crippen molar-refractivity contribution in [2.24, 2.45) is 0 Å². The molecule has 8 heteroatoms. The van der Waals surface area contributed by atoms with E-state index in [1.54, 1.807) is 12.1 Å². The minimum atomic E-state index is -3.24. The molecule has 128 valence electrons. The Morgan fingerprint density at radius 1 is 1.17 bits per heavy atom. The fourth-order valence-corrected chi connectivity index (χ4v) is 4.17. The number of thioether (sulfide) groups is 1. The molecule has 0 saturated heterocycles. The number of Topliss-reactive ketones (excluding diaryl/α,β-unsaturated/α-hetero) is 1. The number of rotatable bonds is 5. The first-order valence-corrected chi connectivity index (χ1v) is 10.7. The molecule has 24 heavy (non-hydrogen) atoms. The molecule has 0 atom stereocenters. The molecule has 0 amide bonds. The minimum Gasteiger partial charge on any atom is -0.306 e. The van der Waals surface area contributed by atoms with Crippen LogP contribution in [0.15, 0.2) is 34.3 Å². The number of hydrogen-bond acceptors (Lipinski definition) is 6. The van der Waals surface area contributed by atoms with Crippen LogP contribution in [0.4, 0.5) is 0 Å². The molecular formula is C16H19N3O3S2. The smallest absolute Gasteiger partial charge is 0.191 e. The van der Waals surface area contributed by atoms with E-state index in [2.05, 4.69) is 14.8 Å². The maximum Gasteiger partial charge on any atom is 0.191 e. The number of aromatic nitrogens is 3. The van der Waals surface area contributed by atoms with Crippen LogP contribution in [0.1, 0.15) is 35.4 Å². The number of carbonyl (C=O) groups is 1. The first-order chi connectivity index (χ1) is 11.4. The van der Waals surface area contributed by atoms with Crippen molar-refractivity contribution >= 4 is 27.4 Å². The van der Waals surface area contributed by atoms with Crippen molar-refractivity contribution in [3.05, 3.63) is 35.7 Å². The third-order valence-corrected chi connectivity index (χ3v) is 6.11. The fraction of sp³-hybridized carbons (Fsp3) is 0.438. The monoisotopic (exact) mass is 365 g/mol. The van der Waals surface area contributed by atoms with Gasteiger partial charge >= 0.3 is 0 Å². The summed E-state index contributed by atoms with van der Waals surface area (Å²) in [5.74, 6) is 1.21. The van der Waals surface area contributed by atoms with Crippen molar-refractivity contribution in [2.45, 2.75) is 42.3 Å². The van der Waals surface area contributed by atoms with Crippen LogP contribution in [0.2, 0.25) is 0 Å². The Bertz CT molecular complexity index is 842. The summed E-state index contributed by atoms with van der Waals surface area (Å²) in [5.41, 5.74) is 0.505. The van der Waals surface area contributed by atoms with E-state index in [-0.39, 0.29) is 16.4 Å². The molecule has 2 heterocycles. The second-order valence-electron chi connectivity index (χ2n) is 5.87. The van der Waals surface area contributed by atoms with Crippen LogP contribution in [0.25, 0.3) is 0 Å². The third kappa shape index (κ3) is 3.87. The summed E-state index contributed by atoms with van der Waals surface area (Å²) < 4.78 is 25.0. The van der Waals surface area contributed by atoms with Gasteiger partial charge in [0.25, 0.3) is 0 Å². The number of ketones is 1. The molecule has 1 aromatic carbocycles. The summed E-state index contributed by atoms with van der Waals surface area (Å²) in [6.07, 6.45) is 5.53. The Hall–Kier alpha value is -1.67. The molecular weight excluding hydrogens is 346 g/mol. The summed E-state index contributed by atoms with van der Waals surface area (Å²) in [6, 6.07) is 6.06. The van der Waals surface area contributed by atoms with Crippen LogP contribution in [-0.2, 0) is 22.8 Å². The quantitative estimate of drug-likeness (QED) is 0.598. The molecule has 1 aromatic heterocycles. The van der Waals surface area contributed by atoms with Gasteiger partial charge in [0.2, 0.25) is 0 Å². The maximum absolute atomic E-state index is 12.3. The molecule has 1 aliphatic heterocycles. The molecule has 0 N–H and O–H groups in total. The van der Waals surface area contributed by atoms with E-state index in [1.165, 1.54) is 30.3 Å². The van der Waals surface area contributed by atoms with E-state index in [1.807, 2.05) is 0 Å². The molecule has 0 spiro atoms. The lowest BCUT2D eigenvalue weighted by Crippen LogP contribution is -2.06. The van der Waals surface area contributed by atoms with Crippen LogP contribution in [0.3, 0.4) is 0 Å². The number of sulfone groups is 1. The molecule has 0 fully saturated rings. The van der Waals surface area contributed by atoms with Gasteiger partial charge in [-0.05, 0) is 25.0 Å². The van der Waals surface area contributed by atoms with Gasteiger partial charge in [-0.15, -0.1) is 10.2 Å². The van der Waals surface area contributed by atoms with E-state index < -0.39 is 9.84 Å². The largest absolute Gasteiger partial charge is 0.306 e. The predicted molar refractivity (Wildman–Crippen MR) is 92.2 cm³/mol.